The topological polar surface area (TPSA) is 15.3 Å². The molecule has 1 heterocycles. The van der Waals surface area contributed by atoms with Crippen molar-refractivity contribution in [3.63, 3.8) is 0 Å². The lowest BCUT2D eigenvalue weighted by atomic mass is 10.0. The molecular formula is C14H18Cl2N2S. The average molecular weight is 317 g/mol. The molecule has 0 radical (unpaired) electrons. The van der Waals surface area contributed by atoms with Gasteiger partial charge < -0.3 is 10.2 Å². The van der Waals surface area contributed by atoms with Crippen molar-refractivity contribution < 1.29 is 0 Å². The van der Waals surface area contributed by atoms with E-state index in [0.29, 0.717) is 16.1 Å². The van der Waals surface area contributed by atoms with Gasteiger partial charge in [-0.2, -0.15) is 0 Å². The number of halogens is 2. The highest BCUT2D eigenvalue weighted by atomic mass is 35.5. The van der Waals surface area contributed by atoms with Gasteiger partial charge in [-0.05, 0) is 50.0 Å². The molecule has 1 fully saturated rings. The summed E-state index contributed by atoms with van der Waals surface area (Å²) in [4.78, 5) is 2.27. The van der Waals surface area contributed by atoms with Crippen LogP contribution >= 0.6 is 35.4 Å². The Kier molecular flexibility index (Phi) is 5.31. The van der Waals surface area contributed by atoms with Crippen molar-refractivity contribution in [2.45, 2.75) is 38.6 Å². The zero-order valence-corrected chi connectivity index (χ0v) is 13.3. The maximum Gasteiger partial charge on any atom is 0.173 e. The Morgan fingerprint density at radius 3 is 2.95 bits per heavy atom. The summed E-state index contributed by atoms with van der Waals surface area (Å²) in [6.07, 6.45) is 4.81. The quantitative estimate of drug-likeness (QED) is 0.777. The van der Waals surface area contributed by atoms with Gasteiger partial charge in [-0.3, -0.25) is 0 Å². The first-order valence-electron chi connectivity index (χ1n) is 6.65. The van der Waals surface area contributed by atoms with Crippen molar-refractivity contribution in [1.29, 1.82) is 0 Å². The van der Waals surface area contributed by atoms with E-state index in [1.54, 1.807) is 6.07 Å². The van der Waals surface area contributed by atoms with Crippen molar-refractivity contribution in [2.24, 2.45) is 0 Å². The maximum absolute atomic E-state index is 6.17. The number of likely N-dealkylation sites (tertiary alicyclic amines) is 1. The van der Waals surface area contributed by atoms with E-state index in [0.717, 1.165) is 23.8 Å². The molecule has 1 aliphatic rings. The van der Waals surface area contributed by atoms with Crippen LogP contribution in [0.3, 0.4) is 0 Å². The van der Waals surface area contributed by atoms with Gasteiger partial charge in [0.2, 0.25) is 0 Å². The van der Waals surface area contributed by atoms with Gasteiger partial charge in [0.25, 0.3) is 0 Å². The third-order valence-corrected chi connectivity index (χ3v) is 4.71. The normalized spacial score (nSPS) is 19.3. The molecule has 0 amide bonds. The molecule has 19 heavy (non-hydrogen) atoms. The second-order valence-corrected chi connectivity index (χ2v) is 5.95. The van der Waals surface area contributed by atoms with Gasteiger partial charge >= 0.3 is 0 Å². The van der Waals surface area contributed by atoms with Crippen molar-refractivity contribution in [3.8, 4) is 0 Å². The molecule has 0 aromatic heterocycles. The number of anilines is 1. The van der Waals surface area contributed by atoms with Crippen LogP contribution in [-0.2, 0) is 0 Å². The lowest BCUT2D eigenvalue weighted by molar-refractivity contribution is 0.239. The second-order valence-electron chi connectivity index (χ2n) is 4.78. The fourth-order valence-corrected chi connectivity index (χ4v) is 3.18. The van der Waals surface area contributed by atoms with Crippen LogP contribution in [0.5, 0.6) is 0 Å². The van der Waals surface area contributed by atoms with E-state index in [1.165, 1.54) is 19.3 Å². The third kappa shape index (κ3) is 3.53. The second kappa shape index (κ2) is 6.78. The number of thiocarbonyl (C=S) groups is 1. The standard InChI is InChI=1S/C14H18Cl2N2S/c1-2-10-6-3-4-9-18(10)14(19)17-12-8-5-7-11(15)13(12)16/h5,7-8,10H,2-4,6,9H2,1H3,(H,17,19). The fraction of sp³-hybridized carbons (Fsp3) is 0.500. The molecule has 1 N–H and O–H groups in total. The highest BCUT2D eigenvalue weighted by Gasteiger charge is 2.23. The van der Waals surface area contributed by atoms with E-state index in [4.69, 9.17) is 35.4 Å². The van der Waals surface area contributed by atoms with Gasteiger partial charge in [0, 0.05) is 12.6 Å². The van der Waals surface area contributed by atoms with Crippen molar-refractivity contribution in [3.05, 3.63) is 28.2 Å². The summed E-state index contributed by atoms with van der Waals surface area (Å²) < 4.78 is 0. The van der Waals surface area contributed by atoms with E-state index < -0.39 is 0 Å². The van der Waals surface area contributed by atoms with Gasteiger partial charge in [-0.25, -0.2) is 0 Å². The Balaban J connectivity index is 2.09. The summed E-state index contributed by atoms with van der Waals surface area (Å²) in [5, 5.41) is 5.04. The molecular weight excluding hydrogens is 299 g/mol. The Labute approximate surface area is 130 Å². The van der Waals surface area contributed by atoms with Crippen LogP contribution in [0.25, 0.3) is 0 Å². The largest absolute Gasteiger partial charge is 0.346 e. The van der Waals surface area contributed by atoms with E-state index in [9.17, 15) is 0 Å². The first-order valence-corrected chi connectivity index (χ1v) is 7.81. The van der Waals surface area contributed by atoms with Gasteiger partial charge in [0.15, 0.2) is 5.11 Å². The first kappa shape index (κ1) is 14.9. The van der Waals surface area contributed by atoms with Gasteiger partial charge in [0.05, 0.1) is 15.7 Å². The molecule has 5 heteroatoms. The van der Waals surface area contributed by atoms with Crippen LogP contribution in [0.15, 0.2) is 18.2 Å². The van der Waals surface area contributed by atoms with Crippen molar-refractivity contribution in [1.82, 2.24) is 4.90 Å². The smallest absolute Gasteiger partial charge is 0.173 e. The molecule has 1 atom stereocenters. The molecule has 1 unspecified atom stereocenters. The maximum atomic E-state index is 6.17. The predicted molar refractivity (Wildman–Crippen MR) is 87.3 cm³/mol. The molecule has 0 spiro atoms. The van der Waals surface area contributed by atoms with Gasteiger partial charge in [0.1, 0.15) is 0 Å². The van der Waals surface area contributed by atoms with Crippen LogP contribution < -0.4 is 5.32 Å². The minimum atomic E-state index is 0.525. The number of hydrogen-bond donors (Lipinski definition) is 1. The van der Waals surface area contributed by atoms with Crippen LogP contribution in [-0.4, -0.2) is 22.6 Å². The minimum absolute atomic E-state index is 0.525. The van der Waals surface area contributed by atoms with Crippen LogP contribution in [0, 0.1) is 0 Å². The first-order chi connectivity index (χ1) is 9.13. The number of benzene rings is 1. The average Bonchev–Trinajstić information content (AvgIpc) is 2.43. The summed E-state index contributed by atoms with van der Waals surface area (Å²) in [5.41, 5.74) is 0.777. The molecule has 104 valence electrons. The zero-order valence-electron chi connectivity index (χ0n) is 11.0. The highest BCUT2D eigenvalue weighted by molar-refractivity contribution is 7.80. The molecule has 1 aromatic carbocycles. The number of piperidine rings is 1. The SMILES string of the molecule is CCC1CCCCN1C(=S)Nc1cccc(Cl)c1Cl. The predicted octanol–water partition coefficient (Wildman–Crippen LogP) is 4.95. The highest BCUT2D eigenvalue weighted by Crippen LogP contribution is 2.30. The minimum Gasteiger partial charge on any atom is -0.346 e. The van der Waals surface area contributed by atoms with Gasteiger partial charge in [-0.15, -0.1) is 0 Å². The Bertz CT molecular complexity index is 465. The van der Waals surface area contributed by atoms with E-state index in [-0.39, 0.29) is 0 Å². The molecule has 1 saturated heterocycles. The van der Waals surface area contributed by atoms with Crippen molar-refractivity contribution in [2.75, 3.05) is 11.9 Å². The van der Waals surface area contributed by atoms with E-state index >= 15 is 0 Å². The summed E-state index contributed by atoms with van der Waals surface area (Å²) in [6.45, 7) is 3.22. The Morgan fingerprint density at radius 2 is 2.21 bits per heavy atom. The fourth-order valence-electron chi connectivity index (χ4n) is 2.48. The van der Waals surface area contributed by atoms with Crippen LogP contribution in [0.4, 0.5) is 5.69 Å². The molecule has 0 bridgehead atoms. The summed E-state index contributed by atoms with van der Waals surface area (Å²) in [7, 11) is 0. The summed E-state index contributed by atoms with van der Waals surface area (Å²) in [6, 6.07) is 6.07. The Morgan fingerprint density at radius 1 is 1.42 bits per heavy atom. The molecule has 2 nitrogen and oxygen atoms in total. The number of nitrogens with one attached hydrogen (secondary N) is 1. The van der Waals surface area contributed by atoms with Gasteiger partial charge in [-0.1, -0.05) is 36.2 Å². The van der Waals surface area contributed by atoms with Crippen LogP contribution in [0.1, 0.15) is 32.6 Å². The monoisotopic (exact) mass is 316 g/mol. The molecule has 1 aromatic rings. The Hall–Kier alpha value is -0.510. The molecule has 1 aliphatic heterocycles. The molecule has 0 aliphatic carbocycles. The molecule has 0 saturated carbocycles. The van der Waals surface area contributed by atoms with Crippen molar-refractivity contribution >= 4 is 46.2 Å². The number of rotatable bonds is 2. The zero-order chi connectivity index (χ0) is 13.8. The van der Waals surface area contributed by atoms with E-state index in [1.807, 2.05) is 12.1 Å². The third-order valence-electron chi connectivity index (χ3n) is 3.55. The molecule has 2 rings (SSSR count). The van der Waals surface area contributed by atoms with E-state index in [2.05, 4.69) is 17.1 Å². The number of nitrogens with zero attached hydrogens (tertiary/aromatic N) is 1. The summed E-state index contributed by atoms with van der Waals surface area (Å²) in [5.74, 6) is 0. The number of hydrogen-bond acceptors (Lipinski definition) is 1. The lowest BCUT2D eigenvalue weighted by Crippen LogP contribution is -2.45. The summed E-state index contributed by atoms with van der Waals surface area (Å²) >= 11 is 17.7. The lowest BCUT2D eigenvalue weighted by Gasteiger charge is -2.37. The van der Waals surface area contributed by atoms with Crippen LogP contribution in [0.2, 0.25) is 10.0 Å².